The van der Waals surface area contributed by atoms with Gasteiger partial charge in [-0.05, 0) is 0 Å². The molecule has 0 aromatic heterocycles. The summed E-state index contributed by atoms with van der Waals surface area (Å²) in [5.41, 5.74) is 0. The molecule has 0 saturated heterocycles. The molecule has 0 aliphatic rings. The fraction of sp³-hybridized carbons (Fsp3) is 0. The summed E-state index contributed by atoms with van der Waals surface area (Å²) in [4.78, 5) is 0. The summed E-state index contributed by atoms with van der Waals surface area (Å²) in [5.74, 6) is 0. The molecule has 0 spiro atoms. The van der Waals surface area contributed by atoms with Gasteiger partial charge < -0.3 is 0 Å². The summed E-state index contributed by atoms with van der Waals surface area (Å²) in [6.45, 7) is 0. The quantitative estimate of drug-likeness (QED) is 0.526. The van der Waals surface area contributed by atoms with Crippen molar-refractivity contribution < 1.29 is 74.9 Å². The van der Waals surface area contributed by atoms with Crippen LogP contribution in [-0.4, -0.2) is 18.9 Å². The van der Waals surface area contributed by atoms with Crippen LogP contribution in [0.3, 0.4) is 0 Å². The Kier molecular flexibility index (Phi) is 65.7. The molecule has 0 fully saturated rings. The summed E-state index contributed by atoms with van der Waals surface area (Å²) < 4.78 is 9.63. The van der Waals surface area contributed by atoms with E-state index in [0.717, 1.165) is 0 Å². The fourth-order valence-corrected chi connectivity index (χ4v) is 0. The van der Waals surface area contributed by atoms with Gasteiger partial charge in [0.05, 0.1) is 0 Å². The zero-order valence-electron chi connectivity index (χ0n) is 1.53. The van der Waals surface area contributed by atoms with E-state index in [1.807, 2.05) is 0 Å². The standard InChI is InChI=1S/FH.Li.Pr.Y.H/h1H;;;;/q;;;+1;/p-1. The maximum absolute atomic E-state index is 9.63. The molecule has 0 unspecified atom stereocenters. The second-order valence-corrected chi connectivity index (χ2v) is 0. The van der Waals surface area contributed by atoms with E-state index >= 15 is 0 Å². The van der Waals surface area contributed by atoms with Gasteiger partial charge in [0.2, 0.25) is 0 Å². The fourth-order valence-electron chi connectivity index (χ4n) is 0. The third kappa shape index (κ3) is 8.89. The van der Waals surface area contributed by atoms with Gasteiger partial charge in [0.25, 0.3) is 0 Å². The molecule has 0 bridgehead atoms. The van der Waals surface area contributed by atoms with Crippen LogP contribution in [0.25, 0.3) is 0 Å². The SMILES string of the molecule is [F][Y].[LiH].[Pr]. The van der Waals surface area contributed by atoms with Crippen LogP contribution in [0.4, 0.5) is 1.92 Å². The number of hydrogen-bond acceptors (Lipinski definition) is 0. The Labute approximate surface area is 91.4 Å². The maximum Gasteiger partial charge on any atom is 0 e. The second kappa shape index (κ2) is 16.7. The Morgan fingerprint density at radius 3 is 1.25 bits per heavy atom. The molecule has 0 N–H and O–H groups in total. The zero-order valence-corrected chi connectivity index (χ0v) is 8.08. The largest absolute Gasteiger partial charge is 0 e. The average molecular weight is 257 g/mol. The molecule has 4 heavy (non-hydrogen) atoms. The van der Waals surface area contributed by atoms with E-state index in [0.29, 0.717) is 0 Å². The van der Waals surface area contributed by atoms with Gasteiger partial charge >= 0.3 is 52.4 Å². The summed E-state index contributed by atoms with van der Waals surface area (Å²) in [5, 5.41) is 0. The van der Waals surface area contributed by atoms with Gasteiger partial charge in [0, 0.05) is 41.3 Å². The predicted molar refractivity (Wildman–Crippen MR) is 8.26 cm³/mol. The first-order valence-corrected chi connectivity index (χ1v) is 1.29. The van der Waals surface area contributed by atoms with E-state index in [1.165, 1.54) is 0 Å². The van der Waals surface area contributed by atoms with E-state index in [1.54, 1.807) is 0 Å². The molecule has 0 aliphatic heterocycles. The van der Waals surface area contributed by atoms with Crippen molar-refractivity contribution in [2.75, 3.05) is 0 Å². The molecular weight excluding hydrogens is 256 g/mol. The third-order valence-corrected chi connectivity index (χ3v) is 0. The first-order valence-electron chi connectivity index (χ1n) is 0.218. The van der Waals surface area contributed by atoms with Gasteiger partial charge in [0.1, 0.15) is 0 Å². The van der Waals surface area contributed by atoms with Gasteiger partial charge in [-0.1, -0.05) is 0 Å². The Morgan fingerprint density at radius 1 is 1.25 bits per heavy atom. The first kappa shape index (κ1) is 15.8. The van der Waals surface area contributed by atoms with Crippen molar-refractivity contribution in [3.8, 4) is 0 Å². The Bertz CT molecular complexity index is 8.00. The third-order valence-electron chi connectivity index (χ3n) is 0. The van der Waals surface area contributed by atoms with Crippen molar-refractivity contribution in [3.63, 3.8) is 0 Å². The van der Waals surface area contributed by atoms with Crippen LogP contribution < -0.4 is 0 Å². The summed E-state index contributed by atoms with van der Waals surface area (Å²) >= 11 is -0.150. The average Bonchev–Trinajstić information content (AvgIpc) is 1.00. The maximum atomic E-state index is 9.63. The van der Waals surface area contributed by atoms with Crippen molar-refractivity contribution in [1.29, 1.82) is 0 Å². The van der Waals surface area contributed by atoms with Crippen LogP contribution in [0.2, 0.25) is 0 Å². The summed E-state index contributed by atoms with van der Waals surface area (Å²) in [7, 11) is 0. The molecule has 0 saturated carbocycles. The van der Waals surface area contributed by atoms with E-state index < -0.39 is 0 Å². The second-order valence-electron chi connectivity index (χ2n) is 0. The van der Waals surface area contributed by atoms with Crippen LogP contribution >= 0.6 is 0 Å². The number of hydrogen-bond donors (Lipinski definition) is 0. The Hall–Kier alpha value is 2.99. The first-order chi connectivity index (χ1) is 1.00. The molecule has 0 nitrogen and oxygen atoms in total. The molecule has 0 amide bonds. The van der Waals surface area contributed by atoms with Crippen molar-refractivity contribution in [3.05, 3.63) is 0 Å². The van der Waals surface area contributed by atoms with E-state index in [9.17, 15) is 1.92 Å². The van der Waals surface area contributed by atoms with Crippen LogP contribution in [0, 0.1) is 41.3 Å². The minimum Gasteiger partial charge on any atom is 0 e. The molecule has 0 atom stereocenters. The molecule has 1 radical (unpaired) electrons. The smallest absolute Gasteiger partial charge is 0 e. The van der Waals surface area contributed by atoms with E-state index in [4.69, 9.17) is 0 Å². The topological polar surface area (TPSA) is 0 Å². The molecular formula is HFLiPrY. The Morgan fingerprint density at radius 2 is 1.25 bits per heavy atom. The summed E-state index contributed by atoms with van der Waals surface area (Å²) in [6.07, 6.45) is 0. The van der Waals surface area contributed by atoms with Crippen LogP contribution in [0.1, 0.15) is 0 Å². The van der Waals surface area contributed by atoms with Crippen molar-refractivity contribution in [2.24, 2.45) is 0 Å². The van der Waals surface area contributed by atoms with E-state index in [2.05, 4.69) is 0 Å². The predicted octanol–water partition coefficient (Wildman–Crippen LogP) is -0.231. The van der Waals surface area contributed by atoms with Crippen LogP contribution in [-0.2, 0) is 31.7 Å². The van der Waals surface area contributed by atoms with Crippen molar-refractivity contribution >= 4 is 18.9 Å². The summed E-state index contributed by atoms with van der Waals surface area (Å²) in [6, 6.07) is 0. The van der Waals surface area contributed by atoms with Gasteiger partial charge in [0.15, 0.2) is 0 Å². The molecule has 0 aromatic rings. The minimum absolute atomic E-state index is 0. The van der Waals surface area contributed by atoms with Crippen LogP contribution in [0.15, 0.2) is 0 Å². The van der Waals surface area contributed by atoms with Crippen LogP contribution in [0.5, 0.6) is 0 Å². The molecule has 0 aliphatic carbocycles. The molecule has 0 heterocycles. The van der Waals surface area contributed by atoms with Gasteiger partial charge in [-0.2, -0.15) is 0 Å². The normalized spacial score (nSPS) is 1.00. The van der Waals surface area contributed by atoms with Crippen molar-refractivity contribution in [1.82, 2.24) is 0 Å². The molecule has 15 valence electrons. The Balaban J connectivity index is -0.00000000500. The minimum atomic E-state index is -0.150. The zero-order chi connectivity index (χ0) is 2.00. The van der Waals surface area contributed by atoms with E-state index in [-0.39, 0.29) is 91.8 Å². The number of rotatable bonds is 0. The molecule has 4 heteroatoms. The number of halogens is 1. The molecule has 0 aromatic carbocycles. The van der Waals surface area contributed by atoms with Gasteiger partial charge in [-0.15, -0.1) is 0 Å². The molecule has 0 rings (SSSR count). The van der Waals surface area contributed by atoms with Gasteiger partial charge in [-0.3, -0.25) is 0 Å². The van der Waals surface area contributed by atoms with Gasteiger partial charge in [-0.25, -0.2) is 0 Å². The monoisotopic (exact) mass is 257 g/mol. The van der Waals surface area contributed by atoms with Crippen molar-refractivity contribution in [2.45, 2.75) is 0 Å².